The molecule has 1 aromatic carbocycles. The maximum Gasteiger partial charge on any atom is 0.409 e. The molecule has 0 fully saturated rings. The molecule has 0 saturated carbocycles. The van der Waals surface area contributed by atoms with Crippen molar-refractivity contribution >= 4 is 45.9 Å². The van der Waals surface area contributed by atoms with Crippen molar-refractivity contribution in [3.8, 4) is 0 Å². The van der Waals surface area contributed by atoms with Crippen LogP contribution in [0.25, 0.3) is 0 Å². The van der Waals surface area contributed by atoms with Crippen molar-refractivity contribution in [2.45, 2.75) is 13.0 Å². The summed E-state index contributed by atoms with van der Waals surface area (Å²) in [4.78, 5) is 39.1. The number of carbonyl (C=O) groups is 3. The molecule has 0 atom stereocenters. The van der Waals surface area contributed by atoms with Crippen LogP contribution in [0.5, 0.6) is 0 Å². The molecule has 1 aliphatic heterocycles. The number of thiophene rings is 1. The first-order chi connectivity index (χ1) is 13.0. The largest absolute Gasteiger partial charge is 0.465 e. The molecule has 0 spiro atoms. The Kier molecular flexibility index (Phi) is 5.67. The summed E-state index contributed by atoms with van der Waals surface area (Å²) in [6.45, 7) is 0.719. The predicted octanol–water partition coefficient (Wildman–Crippen LogP) is 3.56. The minimum absolute atomic E-state index is 0.303. The smallest absolute Gasteiger partial charge is 0.409 e. The fourth-order valence-electron chi connectivity index (χ4n) is 2.91. The summed E-state index contributed by atoms with van der Waals surface area (Å²) in [5, 5.41) is 3.45. The number of ether oxygens (including phenoxy) is 2. The molecule has 7 nitrogen and oxygen atoms in total. The van der Waals surface area contributed by atoms with Crippen LogP contribution in [-0.2, 0) is 22.4 Å². The van der Waals surface area contributed by atoms with Crippen LogP contribution in [0.3, 0.4) is 0 Å². The van der Waals surface area contributed by atoms with Gasteiger partial charge in [-0.2, -0.15) is 0 Å². The summed E-state index contributed by atoms with van der Waals surface area (Å²) in [6, 6.07) is 6.65. The van der Waals surface area contributed by atoms with Gasteiger partial charge in [-0.15, -0.1) is 11.3 Å². The number of hydrogen-bond acceptors (Lipinski definition) is 6. The van der Waals surface area contributed by atoms with Crippen LogP contribution in [0.4, 0.5) is 9.80 Å². The van der Waals surface area contributed by atoms with Crippen molar-refractivity contribution in [2.24, 2.45) is 0 Å². The van der Waals surface area contributed by atoms with Gasteiger partial charge in [-0.25, -0.2) is 9.59 Å². The Bertz CT molecular complexity index is 911. The SMILES string of the molecule is COC(=O)c1c(NC(=O)c2ccccc2Cl)sc2c1CCN(C(=O)OC)C2. The molecule has 27 heavy (non-hydrogen) atoms. The van der Waals surface area contributed by atoms with E-state index in [0.717, 1.165) is 10.4 Å². The van der Waals surface area contributed by atoms with Crippen molar-refractivity contribution < 1.29 is 23.9 Å². The summed E-state index contributed by atoms with van der Waals surface area (Å²) in [7, 11) is 2.61. The Morgan fingerprint density at radius 3 is 2.59 bits per heavy atom. The minimum atomic E-state index is -0.534. The van der Waals surface area contributed by atoms with Crippen LogP contribution >= 0.6 is 22.9 Å². The first kappa shape index (κ1) is 19.2. The lowest BCUT2D eigenvalue weighted by Crippen LogP contribution is -2.35. The number of fused-ring (bicyclic) bond motifs is 1. The van der Waals surface area contributed by atoms with Crippen LogP contribution in [0.1, 0.15) is 31.2 Å². The first-order valence-electron chi connectivity index (χ1n) is 8.07. The standard InChI is InChI=1S/C18H17ClN2O5S/c1-25-17(23)14-11-7-8-21(18(24)26-2)9-13(11)27-16(14)20-15(22)10-5-3-4-6-12(10)19/h3-6H,7-9H2,1-2H3,(H,20,22). The molecule has 142 valence electrons. The van der Waals surface area contributed by atoms with Gasteiger partial charge in [-0.05, 0) is 24.1 Å². The summed E-state index contributed by atoms with van der Waals surface area (Å²) in [5.74, 6) is -0.956. The van der Waals surface area contributed by atoms with Gasteiger partial charge in [-0.1, -0.05) is 23.7 Å². The molecule has 0 radical (unpaired) electrons. The number of benzene rings is 1. The Hall–Kier alpha value is -2.58. The molecule has 0 unspecified atom stereocenters. The number of esters is 1. The second-order valence-corrected chi connectivity index (χ2v) is 7.29. The van der Waals surface area contributed by atoms with E-state index in [1.807, 2.05) is 0 Å². The van der Waals surface area contributed by atoms with Gasteiger partial charge in [0.15, 0.2) is 0 Å². The fraction of sp³-hybridized carbons (Fsp3) is 0.278. The van der Waals surface area contributed by atoms with Gasteiger partial charge in [-0.3, -0.25) is 4.79 Å². The Balaban J connectivity index is 1.95. The second kappa shape index (κ2) is 7.98. The van der Waals surface area contributed by atoms with Crippen LogP contribution < -0.4 is 5.32 Å². The monoisotopic (exact) mass is 408 g/mol. The van der Waals surface area contributed by atoms with Crippen molar-refractivity contribution in [3.63, 3.8) is 0 Å². The van der Waals surface area contributed by atoms with Crippen LogP contribution in [-0.4, -0.2) is 43.6 Å². The lowest BCUT2D eigenvalue weighted by molar-refractivity contribution is 0.0600. The van der Waals surface area contributed by atoms with E-state index in [2.05, 4.69) is 5.32 Å². The second-order valence-electron chi connectivity index (χ2n) is 5.78. The van der Waals surface area contributed by atoms with Crippen molar-refractivity contribution in [1.29, 1.82) is 0 Å². The van der Waals surface area contributed by atoms with Gasteiger partial charge < -0.3 is 19.7 Å². The van der Waals surface area contributed by atoms with E-state index in [1.54, 1.807) is 29.2 Å². The number of nitrogens with one attached hydrogen (secondary N) is 1. The molecule has 2 amide bonds. The summed E-state index contributed by atoms with van der Waals surface area (Å²) in [5.41, 5.74) is 1.40. The Morgan fingerprint density at radius 1 is 1.19 bits per heavy atom. The maximum atomic E-state index is 12.6. The van der Waals surface area contributed by atoms with Gasteiger partial charge >= 0.3 is 12.1 Å². The molecule has 2 aromatic rings. The predicted molar refractivity (Wildman–Crippen MR) is 102 cm³/mol. The fourth-order valence-corrected chi connectivity index (χ4v) is 4.38. The highest BCUT2D eigenvalue weighted by Crippen LogP contribution is 2.38. The zero-order chi connectivity index (χ0) is 19.6. The third-order valence-electron chi connectivity index (χ3n) is 4.22. The highest BCUT2D eigenvalue weighted by Gasteiger charge is 2.31. The van der Waals surface area contributed by atoms with Crippen molar-refractivity contribution in [3.05, 3.63) is 50.9 Å². The highest BCUT2D eigenvalue weighted by atomic mass is 35.5. The highest BCUT2D eigenvalue weighted by molar-refractivity contribution is 7.17. The number of carbonyl (C=O) groups excluding carboxylic acids is 3. The van der Waals surface area contributed by atoms with E-state index in [1.165, 1.54) is 25.6 Å². The van der Waals surface area contributed by atoms with E-state index in [0.29, 0.717) is 40.7 Å². The lowest BCUT2D eigenvalue weighted by Gasteiger charge is -2.25. The number of hydrogen-bond donors (Lipinski definition) is 1. The third kappa shape index (κ3) is 3.77. The van der Waals surface area contributed by atoms with Gasteiger partial charge in [0, 0.05) is 11.4 Å². The number of halogens is 1. The topological polar surface area (TPSA) is 84.9 Å². The van der Waals surface area contributed by atoms with E-state index in [4.69, 9.17) is 21.1 Å². The molecule has 1 N–H and O–H groups in total. The van der Waals surface area contributed by atoms with Gasteiger partial charge in [0.05, 0.1) is 36.9 Å². The molecular formula is C18H17ClN2O5S. The van der Waals surface area contributed by atoms with Crippen LogP contribution in [0.15, 0.2) is 24.3 Å². The molecule has 2 heterocycles. The molecule has 0 aliphatic carbocycles. The van der Waals surface area contributed by atoms with E-state index >= 15 is 0 Å². The number of anilines is 1. The molecular weight excluding hydrogens is 392 g/mol. The van der Waals surface area contributed by atoms with Crippen molar-refractivity contribution in [2.75, 3.05) is 26.1 Å². The van der Waals surface area contributed by atoms with E-state index in [9.17, 15) is 14.4 Å². The van der Waals surface area contributed by atoms with Gasteiger partial charge in [0.1, 0.15) is 5.00 Å². The molecule has 0 saturated heterocycles. The van der Waals surface area contributed by atoms with Gasteiger partial charge in [0.25, 0.3) is 5.91 Å². The number of nitrogens with zero attached hydrogens (tertiary/aromatic N) is 1. The normalized spacial score (nSPS) is 12.9. The third-order valence-corrected chi connectivity index (χ3v) is 5.69. The average molecular weight is 409 g/mol. The van der Waals surface area contributed by atoms with E-state index < -0.39 is 18.0 Å². The summed E-state index contributed by atoms with van der Waals surface area (Å²) >= 11 is 7.32. The molecule has 0 bridgehead atoms. The minimum Gasteiger partial charge on any atom is -0.465 e. The van der Waals surface area contributed by atoms with Crippen molar-refractivity contribution in [1.82, 2.24) is 4.90 Å². The lowest BCUT2D eigenvalue weighted by atomic mass is 10.0. The first-order valence-corrected chi connectivity index (χ1v) is 9.27. The van der Waals surface area contributed by atoms with E-state index in [-0.39, 0.29) is 0 Å². The van der Waals surface area contributed by atoms with Gasteiger partial charge in [0.2, 0.25) is 0 Å². The quantitative estimate of drug-likeness (QED) is 0.785. The maximum absolute atomic E-state index is 12.6. The van der Waals surface area contributed by atoms with Crippen LogP contribution in [0, 0.1) is 0 Å². The Morgan fingerprint density at radius 2 is 1.93 bits per heavy atom. The van der Waals surface area contributed by atoms with Crippen LogP contribution in [0.2, 0.25) is 5.02 Å². The Labute approximate surface area is 164 Å². The molecule has 3 rings (SSSR count). The number of rotatable bonds is 3. The average Bonchev–Trinajstić information content (AvgIpc) is 3.03. The molecule has 9 heteroatoms. The number of methoxy groups -OCH3 is 2. The zero-order valence-corrected chi connectivity index (χ0v) is 16.3. The summed E-state index contributed by atoms with van der Waals surface area (Å²) < 4.78 is 9.65. The molecule has 1 aliphatic rings. The summed E-state index contributed by atoms with van der Waals surface area (Å²) in [6.07, 6.45) is 0.0307. The number of amides is 2. The zero-order valence-electron chi connectivity index (χ0n) is 14.7. The molecule has 1 aromatic heterocycles.